The molecule has 0 bridgehead atoms. The van der Waals surface area contributed by atoms with Crippen LogP contribution in [0, 0.1) is 0 Å². The van der Waals surface area contributed by atoms with E-state index in [1.807, 2.05) is 6.92 Å². The molecule has 0 aromatic heterocycles. The average molecular weight is 282 g/mol. The number of likely N-dealkylation sites (tertiary alicyclic amines) is 1. The molecule has 2 rings (SSSR count). The van der Waals surface area contributed by atoms with Gasteiger partial charge in [-0.1, -0.05) is 0 Å². The van der Waals surface area contributed by atoms with Crippen LogP contribution in [-0.4, -0.2) is 77.7 Å². The van der Waals surface area contributed by atoms with Gasteiger partial charge in [-0.05, 0) is 19.8 Å². The molecule has 0 radical (unpaired) electrons. The first-order valence-corrected chi connectivity index (χ1v) is 7.14. The molecule has 2 aliphatic heterocycles. The number of hydrogen-bond donors (Lipinski definition) is 1. The van der Waals surface area contributed by atoms with Gasteiger partial charge in [0.05, 0.1) is 0 Å². The number of amides is 3. The van der Waals surface area contributed by atoms with Gasteiger partial charge >= 0.3 is 11.8 Å². The predicted octanol–water partition coefficient (Wildman–Crippen LogP) is -1.37. The molecule has 112 valence electrons. The molecule has 2 N–H and O–H groups in total. The van der Waals surface area contributed by atoms with E-state index in [0.29, 0.717) is 32.7 Å². The second-order valence-corrected chi connectivity index (χ2v) is 5.35. The van der Waals surface area contributed by atoms with Crippen molar-refractivity contribution in [2.45, 2.75) is 25.8 Å². The van der Waals surface area contributed by atoms with Crippen molar-refractivity contribution in [3.8, 4) is 0 Å². The molecule has 0 aromatic carbocycles. The SMILES string of the molecule is CCN1CCN(CC(=O)N2CCCC(N)C2)C(=O)C1=O. The van der Waals surface area contributed by atoms with E-state index in [1.165, 1.54) is 9.80 Å². The summed E-state index contributed by atoms with van der Waals surface area (Å²) in [6.45, 7) is 4.47. The molecule has 7 nitrogen and oxygen atoms in total. The predicted molar refractivity (Wildman–Crippen MR) is 72.6 cm³/mol. The Labute approximate surface area is 118 Å². The van der Waals surface area contributed by atoms with Gasteiger partial charge in [-0.2, -0.15) is 0 Å². The highest BCUT2D eigenvalue weighted by molar-refractivity contribution is 6.35. The zero-order valence-electron chi connectivity index (χ0n) is 11.9. The summed E-state index contributed by atoms with van der Waals surface area (Å²) < 4.78 is 0. The Morgan fingerprint density at radius 2 is 1.85 bits per heavy atom. The summed E-state index contributed by atoms with van der Waals surface area (Å²) in [4.78, 5) is 40.4. The van der Waals surface area contributed by atoms with Crippen molar-refractivity contribution in [2.75, 3.05) is 39.3 Å². The van der Waals surface area contributed by atoms with E-state index >= 15 is 0 Å². The van der Waals surface area contributed by atoms with Crippen molar-refractivity contribution in [1.29, 1.82) is 0 Å². The van der Waals surface area contributed by atoms with E-state index in [1.54, 1.807) is 4.90 Å². The zero-order chi connectivity index (χ0) is 14.7. The fraction of sp³-hybridized carbons (Fsp3) is 0.769. The summed E-state index contributed by atoms with van der Waals surface area (Å²) in [5.74, 6) is -1.21. The Morgan fingerprint density at radius 3 is 2.50 bits per heavy atom. The third kappa shape index (κ3) is 3.09. The molecule has 20 heavy (non-hydrogen) atoms. The summed E-state index contributed by atoms with van der Waals surface area (Å²) in [5.41, 5.74) is 5.85. The molecule has 2 fully saturated rings. The maximum absolute atomic E-state index is 12.2. The van der Waals surface area contributed by atoms with Crippen LogP contribution < -0.4 is 5.73 Å². The second-order valence-electron chi connectivity index (χ2n) is 5.35. The highest BCUT2D eigenvalue weighted by Gasteiger charge is 2.33. The number of likely N-dealkylation sites (N-methyl/N-ethyl adjacent to an activating group) is 1. The molecule has 2 heterocycles. The van der Waals surface area contributed by atoms with E-state index in [-0.39, 0.29) is 18.5 Å². The number of nitrogens with zero attached hydrogens (tertiary/aromatic N) is 3. The maximum atomic E-state index is 12.2. The van der Waals surface area contributed by atoms with E-state index in [4.69, 9.17) is 5.73 Å². The van der Waals surface area contributed by atoms with Crippen molar-refractivity contribution >= 4 is 17.7 Å². The van der Waals surface area contributed by atoms with E-state index < -0.39 is 11.8 Å². The second kappa shape index (κ2) is 6.21. The van der Waals surface area contributed by atoms with Gasteiger partial charge < -0.3 is 20.4 Å². The fourth-order valence-corrected chi connectivity index (χ4v) is 2.67. The van der Waals surface area contributed by atoms with E-state index in [9.17, 15) is 14.4 Å². The first-order chi connectivity index (χ1) is 9.52. The number of rotatable bonds is 3. The molecule has 1 atom stereocenters. The van der Waals surface area contributed by atoms with Gasteiger partial charge in [0.1, 0.15) is 6.54 Å². The van der Waals surface area contributed by atoms with Gasteiger partial charge in [0.25, 0.3) is 0 Å². The minimum absolute atomic E-state index is 0.0157. The van der Waals surface area contributed by atoms with Crippen LogP contribution in [0.5, 0.6) is 0 Å². The molecule has 0 spiro atoms. The largest absolute Gasteiger partial charge is 0.340 e. The molecule has 7 heteroatoms. The van der Waals surface area contributed by atoms with Crippen LogP contribution in [0.1, 0.15) is 19.8 Å². The standard InChI is InChI=1S/C13H22N4O3/c1-2-15-6-7-17(13(20)12(15)19)9-11(18)16-5-3-4-10(14)8-16/h10H,2-9,14H2,1H3. The Hall–Kier alpha value is -1.63. The third-order valence-corrected chi connectivity index (χ3v) is 3.92. The lowest BCUT2D eigenvalue weighted by molar-refractivity contribution is -0.157. The lowest BCUT2D eigenvalue weighted by atomic mass is 10.1. The van der Waals surface area contributed by atoms with Gasteiger partial charge in [-0.15, -0.1) is 0 Å². The number of hydrogen-bond acceptors (Lipinski definition) is 4. The third-order valence-electron chi connectivity index (χ3n) is 3.92. The first-order valence-electron chi connectivity index (χ1n) is 7.14. The Kier molecular flexibility index (Phi) is 4.59. The monoisotopic (exact) mass is 282 g/mol. The van der Waals surface area contributed by atoms with Crippen molar-refractivity contribution in [3.05, 3.63) is 0 Å². The van der Waals surface area contributed by atoms with Crippen molar-refractivity contribution < 1.29 is 14.4 Å². The lowest BCUT2D eigenvalue weighted by Crippen LogP contribution is -2.57. The van der Waals surface area contributed by atoms with Crippen LogP contribution in [0.15, 0.2) is 0 Å². The van der Waals surface area contributed by atoms with Gasteiger partial charge in [0, 0.05) is 38.8 Å². The van der Waals surface area contributed by atoms with Crippen molar-refractivity contribution in [2.24, 2.45) is 5.73 Å². The highest BCUT2D eigenvalue weighted by atomic mass is 16.2. The number of piperidine rings is 1. The number of piperazine rings is 1. The van der Waals surface area contributed by atoms with Gasteiger partial charge in [0.15, 0.2) is 0 Å². The average Bonchev–Trinajstić information content (AvgIpc) is 2.44. The summed E-state index contributed by atoms with van der Waals surface area (Å²) in [5, 5.41) is 0. The Morgan fingerprint density at radius 1 is 1.20 bits per heavy atom. The first kappa shape index (κ1) is 14.8. The summed E-state index contributed by atoms with van der Waals surface area (Å²) in [7, 11) is 0. The summed E-state index contributed by atoms with van der Waals surface area (Å²) in [6.07, 6.45) is 1.82. The number of carbonyl (C=O) groups excluding carboxylic acids is 3. The Balaban J connectivity index is 1.91. The number of nitrogens with two attached hydrogens (primary N) is 1. The molecule has 0 saturated carbocycles. The molecule has 1 unspecified atom stereocenters. The highest BCUT2D eigenvalue weighted by Crippen LogP contribution is 2.10. The lowest BCUT2D eigenvalue weighted by Gasteiger charge is -2.35. The fourth-order valence-electron chi connectivity index (χ4n) is 2.67. The van der Waals surface area contributed by atoms with Crippen molar-refractivity contribution in [1.82, 2.24) is 14.7 Å². The van der Waals surface area contributed by atoms with Crippen molar-refractivity contribution in [3.63, 3.8) is 0 Å². The molecular formula is C13H22N4O3. The Bertz CT molecular complexity index is 412. The number of carbonyl (C=O) groups is 3. The summed E-state index contributed by atoms with van der Waals surface area (Å²) >= 11 is 0. The van der Waals surface area contributed by atoms with Crippen LogP contribution in [0.3, 0.4) is 0 Å². The van der Waals surface area contributed by atoms with Gasteiger partial charge in [-0.25, -0.2) is 0 Å². The normalized spacial score (nSPS) is 24.3. The van der Waals surface area contributed by atoms with Crippen LogP contribution in [0.4, 0.5) is 0 Å². The minimum Gasteiger partial charge on any atom is -0.340 e. The molecule has 2 saturated heterocycles. The van der Waals surface area contributed by atoms with Crippen LogP contribution >= 0.6 is 0 Å². The quantitative estimate of drug-likeness (QED) is 0.647. The van der Waals surface area contributed by atoms with Gasteiger partial charge in [-0.3, -0.25) is 14.4 Å². The minimum atomic E-state index is -0.576. The van der Waals surface area contributed by atoms with Crippen LogP contribution in [0.25, 0.3) is 0 Å². The topological polar surface area (TPSA) is 86.9 Å². The smallest absolute Gasteiger partial charge is 0.312 e. The molecule has 3 amide bonds. The zero-order valence-corrected chi connectivity index (χ0v) is 11.9. The maximum Gasteiger partial charge on any atom is 0.312 e. The molecule has 2 aliphatic rings. The van der Waals surface area contributed by atoms with E-state index in [2.05, 4.69) is 0 Å². The van der Waals surface area contributed by atoms with Crippen LogP contribution in [0.2, 0.25) is 0 Å². The molecular weight excluding hydrogens is 260 g/mol. The van der Waals surface area contributed by atoms with Crippen LogP contribution in [-0.2, 0) is 14.4 Å². The van der Waals surface area contributed by atoms with E-state index in [0.717, 1.165) is 12.8 Å². The molecule has 0 aliphatic carbocycles. The van der Waals surface area contributed by atoms with Gasteiger partial charge in [0.2, 0.25) is 5.91 Å². The summed E-state index contributed by atoms with van der Waals surface area (Å²) in [6, 6.07) is 0.0157. The molecule has 0 aromatic rings.